The second-order valence-corrected chi connectivity index (χ2v) is 6.74. The van der Waals surface area contributed by atoms with Crippen LogP contribution in [0.2, 0.25) is 0 Å². The second-order valence-electron chi connectivity index (χ2n) is 5.58. The largest absolute Gasteiger partial charge is 0.324 e. The lowest BCUT2D eigenvalue weighted by atomic mass is 10.1. The highest BCUT2D eigenvalue weighted by atomic mass is 127. The van der Waals surface area contributed by atoms with Gasteiger partial charge < -0.3 is 15.5 Å². The molecular formula is C18H20IN3O2. The van der Waals surface area contributed by atoms with Gasteiger partial charge in [-0.3, -0.25) is 4.79 Å². The zero-order valence-electron chi connectivity index (χ0n) is 13.9. The third-order valence-electron chi connectivity index (χ3n) is 3.59. The summed E-state index contributed by atoms with van der Waals surface area (Å²) in [6.07, 6.45) is 0. The summed E-state index contributed by atoms with van der Waals surface area (Å²) in [6.45, 7) is 3.86. The minimum Gasteiger partial charge on any atom is -0.324 e. The first kappa shape index (κ1) is 18.3. The van der Waals surface area contributed by atoms with Gasteiger partial charge in [-0.1, -0.05) is 30.3 Å². The number of urea groups is 1. The van der Waals surface area contributed by atoms with E-state index in [0.717, 1.165) is 26.1 Å². The number of benzene rings is 2. The van der Waals surface area contributed by atoms with Gasteiger partial charge in [-0.15, -0.1) is 0 Å². The summed E-state index contributed by atoms with van der Waals surface area (Å²) in [6, 6.07) is 13.0. The molecule has 0 atom stereocenters. The molecule has 0 unspecified atom stereocenters. The molecule has 0 spiro atoms. The number of amides is 3. The smallest absolute Gasteiger partial charge is 0.322 e. The first-order valence-electron chi connectivity index (χ1n) is 7.51. The van der Waals surface area contributed by atoms with Crippen LogP contribution in [-0.4, -0.2) is 30.4 Å². The van der Waals surface area contributed by atoms with Crippen molar-refractivity contribution in [2.45, 2.75) is 13.8 Å². The number of nitrogens with zero attached hydrogens (tertiary/aromatic N) is 1. The molecule has 0 fully saturated rings. The molecule has 2 N–H and O–H groups in total. The summed E-state index contributed by atoms with van der Waals surface area (Å²) in [5.41, 5.74) is 3.52. The Morgan fingerprint density at radius 2 is 1.62 bits per heavy atom. The van der Waals surface area contributed by atoms with Crippen LogP contribution in [-0.2, 0) is 4.79 Å². The van der Waals surface area contributed by atoms with Crippen LogP contribution >= 0.6 is 22.6 Å². The SMILES string of the molecule is Cc1cccc(C)c1NC(=O)CN(C)C(=O)Nc1ccccc1I. The number of rotatable bonds is 4. The maximum absolute atomic E-state index is 12.2. The van der Waals surface area contributed by atoms with E-state index in [9.17, 15) is 9.59 Å². The summed E-state index contributed by atoms with van der Waals surface area (Å²) in [4.78, 5) is 25.8. The van der Waals surface area contributed by atoms with E-state index >= 15 is 0 Å². The van der Waals surface area contributed by atoms with Crippen LogP contribution in [0.4, 0.5) is 16.2 Å². The van der Waals surface area contributed by atoms with E-state index in [1.165, 1.54) is 4.90 Å². The maximum atomic E-state index is 12.2. The molecule has 0 aliphatic heterocycles. The summed E-state index contributed by atoms with van der Waals surface area (Å²) >= 11 is 2.15. The quantitative estimate of drug-likeness (QED) is 0.711. The molecule has 5 nitrogen and oxygen atoms in total. The van der Waals surface area contributed by atoms with Gasteiger partial charge in [0.1, 0.15) is 6.54 Å². The Kier molecular flexibility index (Phi) is 6.19. The van der Waals surface area contributed by atoms with Crippen molar-refractivity contribution in [3.63, 3.8) is 0 Å². The van der Waals surface area contributed by atoms with Crippen LogP contribution in [0.15, 0.2) is 42.5 Å². The van der Waals surface area contributed by atoms with Crippen LogP contribution in [0.5, 0.6) is 0 Å². The molecule has 3 amide bonds. The molecule has 126 valence electrons. The molecule has 0 aliphatic carbocycles. The average molecular weight is 437 g/mol. The standard InChI is InChI=1S/C18H20IN3O2/c1-12-7-6-8-13(2)17(12)21-16(23)11-22(3)18(24)20-15-10-5-4-9-14(15)19/h4-10H,11H2,1-3H3,(H,20,24)(H,21,23). The lowest BCUT2D eigenvalue weighted by Crippen LogP contribution is -2.38. The number of hydrogen-bond donors (Lipinski definition) is 2. The fraction of sp³-hybridized carbons (Fsp3) is 0.222. The highest BCUT2D eigenvalue weighted by Crippen LogP contribution is 2.19. The number of carbonyl (C=O) groups excluding carboxylic acids is 2. The van der Waals surface area contributed by atoms with Crippen molar-refractivity contribution in [1.29, 1.82) is 0 Å². The Labute approximate surface area is 155 Å². The number of para-hydroxylation sites is 2. The number of likely N-dealkylation sites (N-methyl/N-ethyl adjacent to an activating group) is 1. The minimum atomic E-state index is -0.323. The van der Waals surface area contributed by atoms with Crippen LogP contribution in [0.1, 0.15) is 11.1 Å². The Balaban J connectivity index is 1.96. The molecule has 0 radical (unpaired) electrons. The van der Waals surface area contributed by atoms with Gasteiger partial charge in [0.15, 0.2) is 0 Å². The van der Waals surface area contributed by atoms with Gasteiger partial charge in [0.2, 0.25) is 5.91 Å². The number of halogens is 1. The highest BCUT2D eigenvalue weighted by Gasteiger charge is 2.15. The van der Waals surface area contributed by atoms with Gasteiger partial charge in [0.05, 0.1) is 5.69 Å². The molecule has 0 aliphatic rings. The zero-order chi connectivity index (χ0) is 17.7. The van der Waals surface area contributed by atoms with Crippen LogP contribution < -0.4 is 10.6 Å². The first-order chi connectivity index (χ1) is 11.4. The Morgan fingerprint density at radius 1 is 1.00 bits per heavy atom. The minimum absolute atomic E-state index is 0.0248. The van der Waals surface area contributed by atoms with Gasteiger partial charge >= 0.3 is 6.03 Å². The molecule has 0 bridgehead atoms. The van der Waals surface area contributed by atoms with Crippen LogP contribution in [0.25, 0.3) is 0 Å². The second kappa shape index (κ2) is 8.14. The lowest BCUT2D eigenvalue weighted by Gasteiger charge is -2.19. The van der Waals surface area contributed by atoms with Crippen molar-refractivity contribution in [2.24, 2.45) is 0 Å². The summed E-state index contributed by atoms with van der Waals surface area (Å²) in [5, 5.41) is 5.68. The van der Waals surface area contributed by atoms with Gasteiger partial charge in [0.25, 0.3) is 0 Å². The monoisotopic (exact) mass is 437 g/mol. The maximum Gasteiger partial charge on any atom is 0.322 e. The molecule has 2 aromatic carbocycles. The van der Waals surface area contributed by atoms with Crippen molar-refractivity contribution >= 4 is 45.9 Å². The van der Waals surface area contributed by atoms with E-state index < -0.39 is 0 Å². The van der Waals surface area contributed by atoms with E-state index in [0.29, 0.717) is 0 Å². The fourth-order valence-electron chi connectivity index (χ4n) is 2.25. The third kappa shape index (κ3) is 4.70. The molecule has 0 saturated carbocycles. The van der Waals surface area contributed by atoms with E-state index in [1.807, 2.05) is 56.3 Å². The summed E-state index contributed by atoms with van der Waals surface area (Å²) in [7, 11) is 1.59. The molecule has 0 heterocycles. The number of carbonyl (C=O) groups is 2. The third-order valence-corrected chi connectivity index (χ3v) is 4.53. The van der Waals surface area contributed by atoms with Crippen molar-refractivity contribution in [1.82, 2.24) is 4.90 Å². The number of nitrogens with one attached hydrogen (secondary N) is 2. The van der Waals surface area contributed by atoms with Gasteiger partial charge in [0, 0.05) is 16.3 Å². The Bertz CT molecular complexity index is 741. The van der Waals surface area contributed by atoms with Crippen molar-refractivity contribution in [3.8, 4) is 0 Å². The predicted molar refractivity (Wildman–Crippen MR) is 105 cm³/mol. The van der Waals surface area contributed by atoms with E-state index in [1.54, 1.807) is 7.05 Å². The van der Waals surface area contributed by atoms with E-state index in [-0.39, 0.29) is 18.5 Å². The molecule has 0 aromatic heterocycles. The van der Waals surface area contributed by atoms with Gasteiger partial charge in [-0.25, -0.2) is 4.79 Å². The van der Waals surface area contributed by atoms with E-state index in [4.69, 9.17) is 0 Å². The number of anilines is 2. The molecule has 24 heavy (non-hydrogen) atoms. The average Bonchev–Trinajstić information content (AvgIpc) is 2.53. The van der Waals surface area contributed by atoms with E-state index in [2.05, 4.69) is 33.2 Å². The molecule has 0 saturated heterocycles. The van der Waals surface area contributed by atoms with Gasteiger partial charge in [-0.2, -0.15) is 0 Å². The fourth-order valence-corrected chi connectivity index (χ4v) is 2.77. The predicted octanol–water partition coefficient (Wildman–Crippen LogP) is 4.01. The van der Waals surface area contributed by atoms with Crippen LogP contribution in [0, 0.1) is 17.4 Å². The van der Waals surface area contributed by atoms with Crippen LogP contribution in [0.3, 0.4) is 0 Å². The topological polar surface area (TPSA) is 61.4 Å². The van der Waals surface area contributed by atoms with Crippen molar-refractivity contribution < 1.29 is 9.59 Å². The van der Waals surface area contributed by atoms with Crippen molar-refractivity contribution in [3.05, 3.63) is 57.2 Å². The molecule has 2 rings (SSSR count). The summed E-state index contributed by atoms with van der Waals surface area (Å²) in [5.74, 6) is -0.229. The molecule has 2 aromatic rings. The number of aryl methyl sites for hydroxylation is 2. The highest BCUT2D eigenvalue weighted by molar-refractivity contribution is 14.1. The normalized spacial score (nSPS) is 10.2. The van der Waals surface area contributed by atoms with Crippen molar-refractivity contribution in [2.75, 3.05) is 24.2 Å². The lowest BCUT2D eigenvalue weighted by molar-refractivity contribution is -0.116. The molecule has 6 heteroatoms. The Morgan fingerprint density at radius 3 is 2.25 bits per heavy atom. The number of hydrogen-bond acceptors (Lipinski definition) is 2. The zero-order valence-corrected chi connectivity index (χ0v) is 16.0. The molecular weight excluding hydrogens is 417 g/mol. The first-order valence-corrected chi connectivity index (χ1v) is 8.59. The Hall–Kier alpha value is -2.09. The van der Waals surface area contributed by atoms with Gasteiger partial charge in [-0.05, 0) is 59.7 Å². The summed E-state index contributed by atoms with van der Waals surface area (Å²) < 4.78 is 0.942.